The van der Waals surface area contributed by atoms with Gasteiger partial charge in [-0.15, -0.1) is 11.3 Å². The van der Waals surface area contributed by atoms with E-state index in [0.29, 0.717) is 5.82 Å². The van der Waals surface area contributed by atoms with Gasteiger partial charge >= 0.3 is 0 Å². The average Bonchev–Trinajstić information content (AvgIpc) is 3.64. The molecule has 0 saturated carbocycles. The molecule has 0 saturated heterocycles. The predicted octanol–water partition coefficient (Wildman–Crippen LogP) is 10.9. The maximum Gasteiger partial charge on any atom is 0.160 e. The molecule has 9 rings (SSSR count). The van der Waals surface area contributed by atoms with Gasteiger partial charge in [0.2, 0.25) is 0 Å². The van der Waals surface area contributed by atoms with Crippen LogP contribution in [-0.2, 0) is 0 Å². The molecule has 0 bridgehead atoms. The number of rotatable bonds is 4. The first-order valence-electron chi connectivity index (χ1n) is 14.8. The molecule has 206 valence electrons. The molecular weight excluding hydrogens is 555 g/mol. The monoisotopic (exact) mass is 579 g/mol. The van der Waals surface area contributed by atoms with Crippen molar-refractivity contribution in [1.82, 2.24) is 14.5 Å². The zero-order chi connectivity index (χ0) is 29.0. The highest BCUT2D eigenvalue weighted by atomic mass is 32.1. The Bertz CT molecular complexity index is 2420. The van der Waals surface area contributed by atoms with Gasteiger partial charge in [-0.25, -0.2) is 9.97 Å². The minimum Gasteiger partial charge on any atom is -0.309 e. The van der Waals surface area contributed by atoms with Gasteiger partial charge in [0.05, 0.1) is 22.4 Å². The molecule has 3 nitrogen and oxygen atoms in total. The standard InChI is InChI=1S/C40H25N3S/c1-4-12-26(13-5-1)33-25-34(27-14-6-2-7-15-27)42-40(41-33)28-20-21-32-36(24-28)43(29-16-8-3-9-17-29)35-23-22-31-30-18-10-11-19-37(30)44-39(31)38(32)35/h1-25H. The quantitative estimate of drug-likeness (QED) is 0.208. The van der Waals surface area contributed by atoms with E-state index >= 15 is 0 Å². The van der Waals surface area contributed by atoms with Gasteiger partial charge in [-0.05, 0) is 36.4 Å². The lowest BCUT2D eigenvalue weighted by Gasteiger charge is -2.11. The summed E-state index contributed by atoms with van der Waals surface area (Å²) in [6.45, 7) is 0. The van der Waals surface area contributed by atoms with E-state index in [-0.39, 0.29) is 0 Å². The molecule has 0 atom stereocenters. The van der Waals surface area contributed by atoms with Crippen molar-refractivity contribution in [2.24, 2.45) is 0 Å². The summed E-state index contributed by atoms with van der Waals surface area (Å²) in [4.78, 5) is 10.2. The van der Waals surface area contributed by atoms with E-state index in [0.717, 1.165) is 39.3 Å². The van der Waals surface area contributed by atoms with Crippen molar-refractivity contribution in [3.63, 3.8) is 0 Å². The molecular formula is C40H25N3S. The van der Waals surface area contributed by atoms with Crippen molar-refractivity contribution >= 4 is 53.3 Å². The number of fused-ring (bicyclic) bond motifs is 7. The van der Waals surface area contributed by atoms with Crippen LogP contribution in [0.25, 0.3) is 81.6 Å². The Morgan fingerprint density at radius 3 is 1.77 bits per heavy atom. The van der Waals surface area contributed by atoms with Crippen molar-refractivity contribution < 1.29 is 0 Å². The van der Waals surface area contributed by atoms with E-state index in [1.165, 1.54) is 36.5 Å². The van der Waals surface area contributed by atoms with Gasteiger partial charge in [0.25, 0.3) is 0 Å². The van der Waals surface area contributed by atoms with Crippen molar-refractivity contribution in [2.75, 3.05) is 0 Å². The average molecular weight is 580 g/mol. The van der Waals surface area contributed by atoms with Gasteiger partial charge < -0.3 is 4.57 Å². The Morgan fingerprint density at radius 1 is 0.455 bits per heavy atom. The Balaban J connectivity index is 1.34. The van der Waals surface area contributed by atoms with E-state index in [1.54, 1.807) is 0 Å². The number of hydrogen-bond donors (Lipinski definition) is 0. The van der Waals surface area contributed by atoms with Gasteiger partial charge in [0.15, 0.2) is 5.82 Å². The molecule has 6 aromatic carbocycles. The first-order chi connectivity index (χ1) is 21.8. The molecule has 0 aliphatic rings. The molecule has 9 aromatic rings. The molecule has 0 aliphatic heterocycles. The van der Waals surface area contributed by atoms with Crippen molar-refractivity contribution in [1.29, 1.82) is 0 Å². The Labute approximate surface area is 258 Å². The van der Waals surface area contributed by atoms with Crippen LogP contribution in [0.5, 0.6) is 0 Å². The highest BCUT2D eigenvalue weighted by molar-refractivity contribution is 7.26. The lowest BCUT2D eigenvalue weighted by Crippen LogP contribution is -1.97. The van der Waals surface area contributed by atoms with Crippen LogP contribution in [0.15, 0.2) is 152 Å². The Morgan fingerprint density at radius 2 is 1.07 bits per heavy atom. The number of benzene rings is 6. The summed E-state index contributed by atoms with van der Waals surface area (Å²) < 4.78 is 5.02. The van der Waals surface area contributed by atoms with Crippen LogP contribution in [0.1, 0.15) is 0 Å². The molecule has 4 heteroatoms. The third kappa shape index (κ3) is 3.96. The molecule has 0 fully saturated rings. The largest absolute Gasteiger partial charge is 0.309 e. The number of thiophene rings is 1. The lowest BCUT2D eigenvalue weighted by atomic mass is 10.1. The summed E-state index contributed by atoms with van der Waals surface area (Å²) in [6.07, 6.45) is 0. The molecule has 0 N–H and O–H groups in total. The Hall–Kier alpha value is -5.58. The van der Waals surface area contributed by atoms with Gasteiger partial charge in [-0.1, -0.05) is 115 Å². The Kier molecular flexibility index (Phi) is 5.68. The first-order valence-corrected chi connectivity index (χ1v) is 15.6. The summed E-state index contributed by atoms with van der Waals surface area (Å²) in [5.41, 5.74) is 8.42. The fourth-order valence-electron chi connectivity index (χ4n) is 6.37. The smallest absolute Gasteiger partial charge is 0.160 e. The third-order valence-corrected chi connectivity index (χ3v) is 9.62. The number of nitrogens with zero attached hydrogens (tertiary/aromatic N) is 3. The predicted molar refractivity (Wildman–Crippen MR) is 186 cm³/mol. The molecule has 0 spiro atoms. The van der Waals surface area contributed by atoms with Crippen LogP contribution in [0.2, 0.25) is 0 Å². The highest BCUT2D eigenvalue weighted by Gasteiger charge is 2.19. The van der Waals surface area contributed by atoms with Gasteiger partial charge in [-0.2, -0.15) is 0 Å². The van der Waals surface area contributed by atoms with Crippen LogP contribution in [0.4, 0.5) is 0 Å². The molecule has 0 radical (unpaired) electrons. The fraction of sp³-hybridized carbons (Fsp3) is 0. The van der Waals surface area contributed by atoms with Crippen LogP contribution < -0.4 is 0 Å². The number of para-hydroxylation sites is 1. The first kappa shape index (κ1) is 25.0. The molecule has 3 heterocycles. The summed E-state index contributed by atoms with van der Waals surface area (Å²) in [5.74, 6) is 0.712. The van der Waals surface area contributed by atoms with Gasteiger partial charge in [0, 0.05) is 53.3 Å². The van der Waals surface area contributed by atoms with Crippen molar-refractivity contribution in [3.05, 3.63) is 152 Å². The van der Waals surface area contributed by atoms with Gasteiger partial charge in [0.1, 0.15) is 0 Å². The summed E-state index contributed by atoms with van der Waals surface area (Å²) in [5, 5.41) is 5.14. The molecule has 0 aliphatic carbocycles. The SMILES string of the molecule is c1ccc(-c2cc(-c3ccccc3)nc(-c3ccc4c5c6sc7ccccc7c6ccc5n(-c5ccccc5)c4c3)n2)cc1. The fourth-order valence-corrected chi connectivity index (χ4v) is 7.63. The van der Waals surface area contributed by atoms with E-state index in [9.17, 15) is 0 Å². The molecule has 44 heavy (non-hydrogen) atoms. The lowest BCUT2D eigenvalue weighted by molar-refractivity contribution is 1.17. The van der Waals surface area contributed by atoms with Crippen LogP contribution in [0.3, 0.4) is 0 Å². The van der Waals surface area contributed by atoms with Crippen molar-refractivity contribution in [2.45, 2.75) is 0 Å². The normalized spacial score (nSPS) is 11.6. The van der Waals surface area contributed by atoms with Crippen LogP contribution >= 0.6 is 11.3 Å². The molecule has 0 amide bonds. The van der Waals surface area contributed by atoms with E-state index in [4.69, 9.17) is 9.97 Å². The van der Waals surface area contributed by atoms with E-state index in [2.05, 4.69) is 144 Å². The summed E-state index contributed by atoms with van der Waals surface area (Å²) in [6, 6.07) is 53.4. The minimum atomic E-state index is 0.712. The third-order valence-electron chi connectivity index (χ3n) is 8.41. The van der Waals surface area contributed by atoms with E-state index < -0.39 is 0 Å². The maximum atomic E-state index is 5.12. The summed E-state index contributed by atoms with van der Waals surface area (Å²) in [7, 11) is 0. The summed E-state index contributed by atoms with van der Waals surface area (Å²) >= 11 is 1.88. The second kappa shape index (κ2) is 10.0. The second-order valence-electron chi connectivity index (χ2n) is 11.0. The zero-order valence-corrected chi connectivity index (χ0v) is 24.5. The number of aromatic nitrogens is 3. The van der Waals surface area contributed by atoms with Crippen LogP contribution in [-0.4, -0.2) is 14.5 Å². The number of hydrogen-bond acceptors (Lipinski definition) is 3. The van der Waals surface area contributed by atoms with E-state index in [1.807, 2.05) is 23.5 Å². The van der Waals surface area contributed by atoms with Crippen LogP contribution in [0, 0.1) is 0 Å². The highest BCUT2D eigenvalue weighted by Crippen LogP contribution is 2.44. The van der Waals surface area contributed by atoms with Gasteiger partial charge in [-0.3, -0.25) is 0 Å². The maximum absolute atomic E-state index is 5.12. The topological polar surface area (TPSA) is 30.7 Å². The molecule has 3 aromatic heterocycles. The second-order valence-corrected chi connectivity index (χ2v) is 12.1. The molecule has 0 unspecified atom stereocenters. The zero-order valence-electron chi connectivity index (χ0n) is 23.7. The van der Waals surface area contributed by atoms with Crippen molar-refractivity contribution in [3.8, 4) is 39.6 Å². The minimum absolute atomic E-state index is 0.712.